The van der Waals surface area contributed by atoms with Crippen molar-refractivity contribution in [3.63, 3.8) is 0 Å². The van der Waals surface area contributed by atoms with E-state index in [1.54, 1.807) is 0 Å². The highest BCUT2D eigenvalue weighted by atomic mass is 16.3. The molecule has 1 aromatic rings. The van der Waals surface area contributed by atoms with Crippen molar-refractivity contribution in [1.82, 2.24) is 5.32 Å². The van der Waals surface area contributed by atoms with E-state index >= 15 is 0 Å². The monoisotopic (exact) mass is 259 g/mol. The van der Waals surface area contributed by atoms with Crippen LogP contribution in [0.25, 0.3) is 0 Å². The van der Waals surface area contributed by atoms with Crippen molar-refractivity contribution in [2.75, 3.05) is 0 Å². The number of aromatic hydroxyl groups is 1. The van der Waals surface area contributed by atoms with Crippen LogP contribution < -0.4 is 5.32 Å². The fourth-order valence-electron chi connectivity index (χ4n) is 3.64. The molecule has 0 saturated heterocycles. The van der Waals surface area contributed by atoms with E-state index in [9.17, 15) is 5.11 Å². The standard InChI is InChI=1S/C17H25NO/c19-17-11-10-13-6-4-5-9-15(13)16(17)12-18-14-7-2-1-3-8-14/h10-11,14,18-19H,1-9,12H2. The Hall–Kier alpha value is -1.02. The highest BCUT2D eigenvalue weighted by molar-refractivity contribution is 5.45. The molecule has 104 valence electrons. The first kappa shape index (κ1) is 13.0. The maximum Gasteiger partial charge on any atom is 0.120 e. The predicted molar refractivity (Wildman–Crippen MR) is 78.5 cm³/mol. The minimum atomic E-state index is 0.490. The summed E-state index contributed by atoms with van der Waals surface area (Å²) in [6.07, 6.45) is 11.6. The first-order valence-electron chi connectivity index (χ1n) is 7.90. The van der Waals surface area contributed by atoms with Crippen molar-refractivity contribution in [3.05, 3.63) is 28.8 Å². The number of phenols is 1. The topological polar surface area (TPSA) is 32.3 Å². The Morgan fingerprint density at radius 2 is 1.79 bits per heavy atom. The average molecular weight is 259 g/mol. The number of phenolic OH excluding ortho intramolecular Hbond substituents is 1. The van der Waals surface area contributed by atoms with Gasteiger partial charge in [-0.3, -0.25) is 0 Å². The summed E-state index contributed by atoms with van der Waals surface area (Å²) >= 11 is 0. The smallest absolute Gasteiger partial charge is 0.120 e. The molecule has 0 heterocycles. The summed E-state index contributed by atoms with van der Waals surface area (Å²) in [5.74, 6) is 0.490. The number of nitrogens with one attached hydrogen (secondary N) is 1. The molecule has 2 nitrogen and oxygen atoms in total. The first-order chi connectivity index (χ1) is 9.34. The van der Waals surface area contributed by atoms with Crippen molar-refractivity contribution >= 4 is 0 Å². The predicted octanol–water partition coefficient (Wildman–Crippen LogP) is 3.69. The highest BCUT2D eigenvalue weighted by Gasteiger charge is 2.18. The number of rotatable bonds is 3. The molecule has 0 bridgehead atoms. The van der Waals surface area contributed by atoms with Crippen LogP contribution in [0.5, 0.6) is 5.75 Å². The fourth-order valence-corrected chi connectivity index (χ4v) is 3.64. The van der Waals surface area contributed by atoms with Crippen molar-refractivity contribution in [1.29, 1.82) is 0 Å². The number of hydrogen-bond donors (Lipinski definition) is 2. The minimum Gasteiger partial charge on any atom is -0.508 e. The third kappa shape index (κ3) is 2.94. The van der Waals surface area contributed by atoms with E-state index in [1.807, 2.05) is 6.07 Å². The molecule has 2 aliphatic rings. The molecular weight excluding hydrogens is 234 g/mol. The van der Waals surface area contributed by atoms with E-state index in [2.05, 4.69) is 11.4 Å². The third-order valence-corrected chi connectivity index (χ3v) is 4.80. The molecule has 2 N–H and O–H groups in total. The second-order valence-corrected chi connectivity index (χ2v) is 6.12. The van der Waals surface area contributed by atoms with Gasteiger partial charge in [0.15, 0.2) is 0 Å². The highest BCUT2D eigenvalue weighted by Crippen LogP contribution is 2.30. The van der Waals surface area contributed by atoms with Crippen LogP contribution in [0.2, 0.25) is 0 Å². The lowest BCUT2D eigenvalue weighted by Gasteiger charge is -2.25. The van der Waals surface area contributed by atoms with Crippen LogP contribution in [-0.2, 0) is 19.4 Å². The molecule has 19 heavy (non-hydrogen) atoms. The van der Waals surface area contributed by atoms with Crippen LogP contribution in [0.15, 0.2) is 12.1 Å². The maximum absolute atomic E-state index is 10.2. The summed E-state index contributed by atoms with van der Waals surface area (Å²) in [4.78, 5) is 0. The van der Waals surface area contributed by atoms with Crippen LogP contribution in [0.3, 0.4) is 0 Å². The van der Waals surface area contributed by atoms with Crippen LogP contribution in [-0.4, -0.2) is 11.1 Å². The van der Waals surface area contributed by atoms with Gasteiger partial charge >= 0.3 is 0 Å². The molecule has 1 fully saturated rings. The van der Waals surface area contributed by atoms with E-state index in [-0.39, 0.29) is 0 Å². The van der Waals surface area contributed by atoms with Gasteiger partial charge in [0, 0.05) is 18.2 Å². The zero-order valence-corrected chi connectivity index (χ0v) is 11.8. The van der Waals surface area contributed by atoms with Crippen molar-refractivity contribution in [2.45, 2.75) is 70.4 Å². The van der Waals surface area contributed by atoms with Gasteiger partial charge in [0.05, 0.1) is 0 Å². The van der Waals surface area contributed by atoms with Crippen LogP contribution in [0.4, 0.5) is 0 Å². The Labute approximate surface area is 116 Å². The lowest BCUT2D eigenvalue weighted by atomic mass is 9.87. The summed E-state index contributed by atoms with van der Waals surface area (Å²) in [6.45, 7) is 0.847. The number of hydrogen-bond acceptors (Lipinski definition) is 2. The molecule has 2 aliphatic carbocycles. The normalized spacial score (nSPS) is 20.2. The molecular formula is C17H25NO. The minimum absolute atomic E-state index is 0.490. The van der Waals surface area contributed by atoms with Crippen molar-refractivity contribution in [2.24, 2.45) is 0 Å². The molecule has 2 heteroatoms. The SMILES string of the molecule is Oc1ccc2c(c1CNC1CCCCC1)CCCC2. The molecule has 0 atom stereocenters. The molecule has 1 saturated carbocycles. The number of aryl methyl sites for hydroxylation is 1. The average Bonchev–Trinajstić information content (AvgIpc) is 2.47. The van der Waals surface area contributed by atoms with Gasteiger partial charge in [0.1, 0.15) is 5.75 Å². The molecule has 0 amide bonds. The summed E-state index contributed by atoms with van der Waals surface area (Å²) in [5.41, 5.74) is 4.06. The van der Waals surface area contributed by atoms with Crippen molar-refractivity contribution in [3.8, 4) is 5.75 Å². The molecule has 0 unspecified atom stereocenters. The Morgan fingerprint density at radius 1 is 1.00 bits per heavy atom. The van der Waals surface area contributed by atoms with Crippen LogP contribution in [0.1, 0.15) is 61.6 Å². The molecule has 0 spiro atoms. The van der Waals surface area contributed by atoms with Gasteiger partial charge in [-0.1, -0.05) is 25.3 Å². The third-order valence-electron chi connectivity index (χ3n) is 4.80. The maximum atomic E-state index is 10.2. The van der Waals surface area contributed by atoms with E-state index in [4.69, 9.17) is 0 Å². The van der Waals surface area contributed by atoms with E-state index in [1.165, 1.54) is 68.1 Å². The summed E-state index contributed by atoms with van der Waals surface area (Å²) in [7, 11) is 0. The zero-order chi connectivity index (χ0) is 13.1. The summed E-state index contributed by atoms with van der Waals surface area (Å²) in [6, 6.07) is 4.67. The number of fused-ring (bicyclic) bond motifs is 1. The summed E-state index contributed by atoms with van der Waals surface area (Å²) in [5, 5.41) is 13.8. The number of benzene rings is 1. The quantitative estimate of drug-likeness (QED) is 0.867. The summed E-state index contributed by atoms with van der Waals surface area (Å²) < 4.78 is 0. The second-order valence-electron chi connectivity index (χ2n) is 6.12. The van der Waals surface area contributed by atoms with Gasteiger partial charge in [-0.05, 0) is 55.7 Å². The van der Waals surface area contributed by atoms with Crippen molar-refractivity contribution < 1.29 is 5.11 Å². The molecule has 1 aromatic carbocycles. The first-order valence-corrected chi connectivity index (χ1v) is 7.90. The van der Waals surface area contributed by atoms with Gasteiger partial charge in [-0.2, -0.15) is 0 Å². The lowest BCUT2D eigenvalue weighted by Crippen LogP contribution is -2.31. The zero-order valence-electron chi connectivity index (χ0n) is 11.8. The second kappa shape index (κ2) is 5.96. The fraction of sp³-hybridized carbons (Fsp3) is 0.647. The molecule has 3 rings (SSSR count). The largest absolute Gasteiger partial charge is 0.508 e. The lowest BCUT2D eigenvalue weighted by molar-refractivity contribution is 0.368. The molecule has 0 aliphatic heterocycles. The van der Waals surface area contributed by atoms with Crippen LogP contribution in [0, 0.1) is 0 Å². The van der Waals surface area contributed by atoms with Gasteiger partial charge in [-0.15, -0.1) is 0 Å². The van der Waals surface area contributed by atoms with Gasteiger partial charge in [0.25, 0.3) is 0 Å². The Bertz CT molecular complexity index is 435. The van der Waals surface area contributed by atoms with Gasteiger partial charge in [-0.25, -0.2) is 0 Å². The van der Waals surface area contributed by atoms with Gasteiger partial charge < -0.3 is 10.4 Å². The molecule has 0 aromatic heterocycles. The Morgan fingerprint density at radius 3 is 2.63 bits per heavy atom. The Balaban J connectivity index is 1.72. The Kier molecular flexibility index (Phi) is 4.07. The van der Waals surface area contributed by atoms with E-state index in [0.717, 1.165) is 13.0 Å². The van der Waals surface area contributed by atoms with Gasteiger partial charge in [0.2, 0.25) is 0 Å². The van der Waals surface area contributed by atoms with E-state index in [0.29, 0.717) is 11.8 Å². The molecule has 0 radical (unpaired) electrons. The van der Waals surface area contributed by atoms with Crippen LogP contribution >= 0.6 is 0 Å². The van der Waals surface area contributed by atoms with E-state index < -0.39 is 0 Å².